The van der Waals surface area contributed by atoms with Crippen LogP contribution >= 0.6 is 0 Å². The highest BCUT2D eigenvalue weighted by Crippen LogP contribution is 2.10. The minimum absolute atomic E-state index is 0.0474. The van der Waals surface area contributed by atoms with Crippen molar-refractivity contribution in [1.82, 2.24) is 0 Å². The van der Waals surface area contributed by atoms with E-state index in [4.69, 9.17) is 4.74 Å². The van der Waals surface area contributed by atoms with Gasteiger partial charge < -0.3 is 4.74 Å². The number of Topliss-reactive ketones (excluding diaryl/α,β-unsaturated/α-hetero) is 1. The Kier molecular flexibility index (Phi) is 4.37. The summed E-state index contributed by atoms with van der Waals surface area (Å²) in [5, 5.41) is 0. The highest BCUT2D eigenvalue weighted by molar-refractivity contribution is 5.98. The summed E-state index contributed by atoms with van der Waals surface area (Å²) < 4.78 is 29.0. The quantitative estimate of drug-likeness (QED) is 0.703. The first-order chi connectivity index (χ1) is 7.15. The fourth-order valence-electron chi connectivity index (χ4n) is 1.18. The molecule has 0 unspecified atom stereocenters. The summed E-state index contributed by atoms with van der Waals surface area (Å²) in [6.45, 7) is 0.572. The Morgan fingerprint density at radius 2 is 1.93 bits per heavy atom. The van der Waals surface area contributed by atoms with Gasteiger partial charge in [0.2, 0.25) is 5.78 Å². The lowest BCUT2D eigenvalue weighted by Crippen LogP contribution is -2.10. The van der Waals surface area contributed by atoms with Crippen LogP contribution in [0.4, 0.5) is 8.78 Å². The van der Waals surface area contributed by atoms with E-state index >= 15 is 0 Å². The molecular formula is C11H12F2O2. The number of methoxy groups -OCH3 is 1. The molecular weight excluding hydrogens is 202 g/mol. The van der Waals surface area contributed by atoms with Crippen molar-refractivity contribution in [2.24, 2.45) is 0 Å². The molecule has 0 aromatic heterocycles. The first-order valence-electron chi connectivity index (χ1n) is 4.55. The molecule has 0 amide bonds. The lowest BCUT2D eigenvalue weighted by atomic mass is 10.1. The van der Waals surface area contributed by atoms with Gasteiger partial charge in [0.05, 0.1) is 6.61 Å². The standard InChI is InChI=1S/C11H12F2O2/c1-15-7-6-8-2-4-9(5-3-8)10(14)11(12)13/h2-5,11H,6-7H2,1H3. The molecule has 0 spiro atoms. The maximum atomic E-state index is 12.0. The van der Waals surface area contributed by atoms with Crippen LogP contribution in [0, 0.1) is 0 Å². The normalized spacial score (nSPS) is 10.7. The van der Waals surface area contributed by atoms with Gasteiger partial charge in [-0.05, 0) is 12.0 Å². The number of carbonyl (C=O) groups excluding carboxylic acids is 1. The molecule has 82 valence electrons. The lowest BCUT2D eigenvalue weighted by molar-refractivity contribution is 0.0679. The van der Waals surface area contributed by atoms with E-state index in [9.17, 15) is 13.6 Å². The van der Waals surface area contributed by atoms with E-state index in [1.54, 1.807) is 19.2 Å². The summed E-state index contributed by atoms with van der Waals surface area (Å²) >= 11 is 0. The molecule has 2 nitrogen and oxygen atoms in total. The van der Waals surface area contributed by atoms with Gasteiger partial charge in [-0.25, -0.2) is 8.78 Å². The van der Waals surface area contributed by atoms with Gasteiger partial charge in [-0.3, -0.25) is 4.79 Å². The molecule has 0 heterocycles. The van der Waals surface area contributed by atoms with E-state index in [0.717, 1.165) is 5.56 Å². The van der Waals surface area contributed by atoms with E-state index in [2.05, 4.69) is 0 Å². The van der Waals surface area contributed by atoms with Crippen molar-refractivity contribution in [3.8, 4) is 0 Å². The molecule has 0 fully saturated rings. The number of alkyl halides is 2. The number of carbonyl (C=O) groups is 1. The SMILES string of the molecule is COCCc1ccc(C(=O)C(F)F)cc1. The molecule has 0 aliphatic rings. The average molecular weight is 214 g/mol. The molecule has 0 N–H and O–H groups in total. The maximum absolute atomic E-state index is 12.0. The van der Waals surface area contributed by atoms with Crippen LogP contribution in [0.3, 0.4) is 0 Å². The van der Waals surface area contributed by atoms with Crippen LogP contribution in [-0.2, 0) is 11.2 Å². The molecule has 0 atom stereocenters. The Hall–Kier alpha value is -1.29. The Bertz CT molecular complexity index is 320. The van der Waals surface area contributed by atoms with Crippen molar-refractivity contribution in [1.29, 1.82) is 0 Å². The van der Waals surface area contributed by atoms with Gasteiger partial charge in [0, 0.05) is 12.7 Å². The zero-order valence-corrected chi connectivity index (χ0v) is 8.37. The molecule has 0 saturated heterocycles. The molecule has 0 radical (unpaired) electrons. The summed E-state index contributed by atoms with van der Waals surface area (Å²) in [4.78, 5) is 10.9. The van der Waals surface area contributed by atoms with E-state index < -0.39 is 12.2 Å². The molecule has 0 aliphatic heterocycles. The summed E-state index contributed by atoms with van der Waals surface area (Å²) in [6, 6.07) is 6.16. The Morgan fingerprint density at radius 1 is 1.33 bits per heavy atom. The van der Waals surface area contributed by atoms with Crippen molar-refractivity contribution in [3.63, 3.8) is 0 Å². The van der Waals surface area contributed by atoms with Crippen molar-refractivity contribution in [3.05, 3.63) is 35.4 Å². The van der Waals surface area contributed by atoms with Gasteiger partial charge in [0.15, 0.2) is 0 Å². The highest BCUT2D eigenvalue weighted by Gasteiger charge is 2.16. The third-order valence-electron chi connectivity index (χ3n) is 2.03. The van der Waals surface area contributed by atoms with Crippen molar-refractivity contribution in [2.75, 3.05) is 13.7 Å². The fourth-order valence-corrected chi connectivity index (χ4v) is 1.18. The Morgan fingerprint density at radius 3 is 2.40 bits per heavy atom. The predicted octanol–water partition coefficient (Wildman–Crippen LogP) is 2.32. The van der Waals surface area contributed by atoms with Gasteiger partial charge in [-0.2, -0.15) is 0 Å². The van der Waals surface area contributed by atoms with Crippen LogP contribution in [0.15, 0.2) is 24.3 Å². The molecule has 1 aromatic rings. The Labute approximate surface area is 86.9 Å². The van der Waals surface area contributed by atoms with Crippen LogP contribution in [0.25, 0.3) is 0 Å². The third kappa shape index (κ3) is 3.40. The van der Waals surface area contributed by atoms with Gasteiger partial charge in [-0.15, -0.1) is 0 Å². The highest BCUT2D eigenvalue weighted by atomic mass is 19.3. The first kappa shape index (κ1) is 11.8. The summed E-state index contributed by atoms with van der Waals surface area (Å²) in [6.07, 6.45) is -2.23. The second-order valence-electron chi connectivity index (χ2n) is 3.10. The fraction of sp³-hybridized carbons (Fsp3) is 0.364. The minimum atomic E-state index is -2.94. The van der Waals surface area contributed by atoms with Crippen LogP contribution in [0.2, 0.25) is 0 Å². The minimum Gasteiger partial charge on any atom is -0.384 e. The molecule has 1 aromatic carbocycles. The largest absolute Gasteiger partial charge is 0.384 e. The van der Waals surface area contributed by atoms with Crippen LogP contribution < -0.4 is 0 Å². The first-order valence-corrected chi connectivity index (χ1v) is 4.55. The lowest BCUT2D eigenvalue weighted by Gasteiger charge is -2.02. The van der Waals surface area contributed by atoms with E-state index in [1.807, 2.05) is 0 Å². The number of ketones is 1. The van der Waals surface area contributed by atoms with Crippen LogP contribution in [-0.4, -0.2) is 25.9 Å². The zero-order valence-electron chi connectivity index (χ0n) is 8.37. The molecule has 1 rings (SSSR count). The predicted molar refractivity (Wildman–Crippen MR) is 52.4 cm³/mol. The maximum Gasteiger partial charge on any atom is 0.300 e. The smallest absolute Gasteiger partial charge is 0.300 e. The second kappa shape index (κ2) is 5.56. The monoisotopic (exact) mass is 214 g/mol. The molecule has 0 bridgehead atoms. The van der Waals surface area contributed by atoms with Gasteiger partial charge in [-0.1, -0.05) is 24.3 Å². The number of benzene rings is 1. The van der Waals surface area contributed by atoms with E-state index in [-0.39, 0.29) is 5.56 Å². The number of halogens is 2. The number of hydrogen-bond acceptors (Lipinski definition) is 2. The van der Waals surface area contributed by atoms with Gasteiger partial charge >= 0.3 is 6.43 Å². The van der Waals surface area contributed by atoms with E-state index in [0.29, 0.717) is 13.0 Å². The number of ether oxygens (including phenoxy) is 1. The molecule has 15 heavy (non-hydrogen) atoms. The van der Waals surface area contributed by atoms with Gasteiger partial charge in [0.25, 0.3) is 0 Å². The second-order valence-corrected chi connectivity index (χ2v) is 3.10. The third-order valence-corrected chi connectivity index (χ3v) is 2.03. The van der Waals surface area contributed by atoms with Crippen molar-refractivity contribution >= 4 is 5.78 Å². The van der Waals surface area contributed by atoms with Crippen LogP contribution in [0.1, 0.15) is 15.9 Å². The number of hydrogen-bond donors (Lipinski definition) is 0. The molecule has 0 saturated carbocycles. The van der Waals surface area contributed by atoms with Crippen LogP contribution in [0.5, 0.6) is 0 Å². The zero-order chi connectivity index (χ0) is 11.3. The topological polar surface area (TPSA) is 26.3 Å². The molecule has 4 heteroatoms. The van der Waals surface area contributed by atoms with Crippen molar-refractivity contribution in [2.45, 2.75) is 12.8 Å². The Balaban J connectivity index is 2.68. The summed E-state index contributed by atoms with van der Waals surface area (Å²) in [5.41, 5.74) is 1.01. The molecule has 0 aliphatic carbocycles. The summed E-state index contributed by atoms with van der Waals surface area (Å²) in [7, 11) is 1.59. The van der Waals surface area contributed by atoms with Crippen molar-refractivity contribution < 1.29 is 18.3 Å². The van der Waals surface area contributed by atoms with E-state index in [1.165, 1.54) is 12.1 Å². The average Bonchev–Trinajstić information content (AvgIpc) is 2.26. The number of rotatable bonds is 5. The summed E-state index contributed by atoms with van der Waals surface area (Å²) in [5.74, 6) is -1.13. The van der Waals surface area contributed by atoms with Gasteiger partial charge in [0.1, 0.15) is 0 Å².